The van der Waals surface area contributed by atoms with Crippen LogP contribution in [-0.4, -0.2) is 8.42 Å². The van der Waals surface area contributed by atoms with Gasteiger partial charge >= 0.3 is 10.4 Å². The van der Waals surface area contributed by atoms with Gasteiger partial charge in [0.2, 0.25) is 0 Å². The van der Waals surface area contributed by atoms with E-state index in [1.807, 2.05) is 0 Å². The van der Waals surface area contributed by atoms with Crippen molar-refractivity contribution in [3.8, 4) is 5.75 Å². The third kappa shape index (κ3) is 4.92. The van der Waals surface area contributed by atoms with Crippen molar-refractivity contribution in [2.24, 2.45) is 0 Å². The molecule has 0 saturated carbocycles. The van der Waals surface area contributed by atoms with E-state index in [2.05, 4.69) is 8.37 Å². The van der Waals surface area contributed by atoms with Crippen molar-refractivity contribution >= 4 is 33.6 Å². The van der Waals surface area contributed by atoms with Crippen molar-refractivity contribution < 1.29 is 16.8 Å². The number of halogens is 2. The van der Waals surface area contributed by atoms with Crippen LogP contribution in [0.1, 0.15) is 0 Å². The van der Waals surface area contributed by atoms with E-state index in [1.165, 1.54) is 12.1 Å². The van der Waals surface area contributed by atoms with Gasteiger partial charge in [-0.2, -0.15) is 0 Å². The fourth-order valence-electron chi connectivity index (χ4n) is 0.709. The number of para-hydroxylation sites is 1. The molecule has 82 valence electrons. The molecule has 0 amide bonds. The van der Waals surface area contributed by atoms with Gasteiger partial charge in [0.25, 0.3) is 0 Å². The summed E-state index contributed by atoms with van der Waals surface area (Å²) in [4.78, 5) is 0. The van der Waals surface area contributed by atoms with E-state index in [9.17, 15) is 8.42 Å². The van der Waals surface area contributed by atoms with Gasteiger partial charge in [-0.15, -0.1) is 8.42 Å². The Morgan fingerprint density at radius 3 is 2.33 bits per heavy atom. The van der Waals surface area contributed by atoms with E-state index in [0.29, 0.717) is 6.26 Å². The average molecular weight is 269 g/mol. The van der Waals surface area contributed by atoms with Crippen molar-refractivity contribution in [2.45, 2.75) is 0 Å². The van der Waals surface area contributed by atoms with Crippen LogP contribution >= 0.6 is 23.2 Å². The fourth-order valence-corrected chi connectivity index (χ4v) is 1.50. The SMILES string of the molecule is O=S(=O)(OC=C(Cl)Cl)Oc1ccccc1. The van der Waals surface area contributed by atoms with E-state index in [1.54, 1.807) is 18.2 Å². The fraction of sp³-hybridized carbons (Fsp3) is 0. The molecule has 7 heteroatoms. The number of rotatable bonds is 4. The molecule has 4 nitrogen and oxygen atoms in total. The molecule has 0 heterocycles. The van der Waals surface area contributed by atoms with Crippen LogP contribution in [0, 0.1) is 0 Å². The molecule has 1 aromatic rings. The lowest BCUT2D eigenvalue weighted by Crippen LogP contribution is -2.10. The van der Waals surface area contributed by atoms with Gasteiger partial charge in [-0.1, -0.05) is 41.4 Å². The van der Waals surface area contributed by atoms with Gasteiger partial charge in [-0.3, -0.25) is 0 Å². The lowest BCUT2D eigenvalue weighted by atomic mass is 10.3. The van der Waals surface area contributed by atoms with Gasteiger partial charge in [0.1, 0.15) is 16.5 Å². The second-order valence-corrected chi connectivity index (χ2v) is 4.49. The van der Waals surface area contributed by atoms with Crippen LogP contribution in [0.4, 0.5) is 0 Å². The Kier molecular flexibility index (Phi) is 4.26. The summed E-state index contributed by atoms with van der Waals surface area (Å²) in [7, 11) is -4.17. The first-order valence-electron chi connectivity index (χ1n) is 3.68. The largest absolute Gasteiger partial charge is 0.500 e. The molecule has 0 spiro atoms. The van der Waals surface area contributed by atoms with Gasteiger partial charge in [-0.05, 0) is 12.1 Å². The summed E-state index contributed by atoms with van der Waals surface area (Å²) in [5.74, 6) is 0.136. The summed E-state index contributed by atoms with van der Waals surface area (Å²) in [6.45, 7) is 0. The van der Waals surface area contributed by atoms with Crippen LogP contribution in [0.25, 0.3) is 0 Å². The van der Waals surface area contributed by atoms with Crippen LogP contribution in [0.3, 0.4) is 0 Å². The minimum absolute atomic E-state index is 0.136. The molecule has 0 fully saturated rings. The van der Waals surface area contributed by atoms with Crippen molar-refractivity contribution in [1.82, 2.24) is 0 Å². The molecule has 1 aromatic carbocycles. The average Bonchev–Trinajstić information content (AvgIpc) is 2.16. The minimum Gasteiger partial charge on any atom is -0.358 e. The van der Waals surface area contributed by atoms with Crippen LogP contribution in [0.15, 0.2) is 41.1 Å². The van der Waals surface area contributed by atoms with Crippen molar-refractivity contribution in [1.29, 1.82) is 0 Å². The van der Waals surface area contributed by atoms with Crippen LogP contribution in [-0.2, 0) is 14.6 Å². The second kappa shape index (κ2) is 5.25. The predicted octanol–water partition coefficient (Wildman–Crippen LogP) is 2.60. The molecule has 0 bridgehead atoms. The molecule has 0 atom stereocenters. The van der Waals surface area contributed by atoms with Crippen molar-refractivity contribution in [3.63, 3.8) is 0 Å². The summed E-state index contributed by atoms with van der Waals surface area (Å²) in [6, 6.07) is 7.89. The summed E-state index contributed by atoms with van der Waals surface area (Å²) in [6.07, 6.45) is 0.654. The molecule has 0 aromatic heterocycles. The molecule has 0 unspecified atom stereocenters. The zero-order chi connectivity index (χ0) is 11.3. The second-order valence-electron chi connectivity index (χ2n) is 2.31. The molecule has 0 saturated heterocycles. The normalized spacial score (nSPS) is 10.5. The highest BCUT2D eigenvalue weighted by Crippen LogP contribution is 2.14. The third-order valence-corrected chi connectivity index (χ3v) is 2.10. The van der Waals surface area contributed by atoms with E-state index in [-0.39, 0.29) is 10.2 Å². The van der Waals surface area contributed by atoms with Gasteiger partial charge in [-0.25, -0.2) is 0 Å². The summed E-state index contributed by atoms with van der Waals surface area (Å²) >= 11 is 10.3. The Morgan fingerprint density at radius 1 is 1.20 bits per heavy atom. The summed E-state index contributed by atoms with van der Waals surface area (Å²) in [5.41, 5.74) is 0. The van der Waals surface area contributed by atoms with Gasteiger partial charge < -0.3 is 8.37 Å². The lowest BCUT2D eigenvalue weighted by molar-refractivity contribution is 0.362. The highest BCUT2D eigenvalue weighted by atomic mass is 35.5. The van der Waals surface area contributed by atoms with Gasteiger partial charge in [0.05, 0.1) is 0 Å². The first-order valence-corrected chi connectivity index (χ1v) is 5.77. The topological polar surface area (TPSA) is 52.6 Å². The number of benzene rings is 1. The highest BCUT2D eigenvalue weighted by Gasteiger charge is 2.12. The molecule has 15 heavy (non-hydrogen) atoms. The Bertz CT molecular complexity index is 437. The molecule has 0 N–H and O–H groups in total. The molecular weight excluding hydrogens is 263 g/mol. The van der Waals surface area contributed by atoms with E-state index < -0.39 is 10.4 Å². The smallest absolute Gasteiger partial charge is 0.358 e. The molecular formula is C8H6Cl2O4S. The van der Waals surface area contributed by atoms with E-state index in [4.69, 9.17) is 23.2 Å². The first kappa shape index (κ1) is 12.2. The monoisotopic (exact) mass is 268 g/mol. The first-order chi connectivity index (χ1) is 6.99. The zero-order valence-electron chi connectivity index (χ0n) is 7.26. The maximum Gasteiger partial charge on any atom is 0.500 e. The molecule has 0 radical (unpaired) electrons. The highest BCUT2D eigenvalue weighted by molar-refractivity contribution is 7.82. The lowest BCUT2D eigenvalue weighted by Gasteiger charge is -2.03. The Balaban J connectivity index is 2.70. The van der Waals surface area contributed by atoms with Gasteiger partial charge in [0.15, 0.2) is 0 Å². The number of hydrogen-bond acceptors (Lipinski definition) is 4. The minimum atomic E-state index is -4.17. The van der Waals surface area contributed by atoms with Crippen LogP contribution in [0.5, 0.6) is 5.75 Å². The third-order valence-electron chi connectivity index (χ3n) is 1.20. The molecule has 0 aliphatic heterocycles. The van der Waals surface area contributed by atoms with Crippen LogP contribution in [0.2, 0.25) is 0 Å². The standard InChI is InChI=1S/C8H6Cl2O4S/c9-8(10)6-13-15(11,12)14-7-4-2-1-3-5-7/h1-6H. The van der Waals surface area contributed by atoms with E-state index in [0.717, 1.165) is 0 Å². The number of hydrogen-bond donors (Lipinski definition) is 0. The van der Waals surface area contributed by atoms with Crippen molar-refractivity contribution in [2.75, 3.05) is 0 Å². The van der Waals surface area contributed by atoms with Gasteiger partial charge in [0, 0.05) is 0 Å². The Hall–Kier alpha value is -0.910. The maximum absolute atomic E-state index is 11.1. The quantitative estimate of drug-likeness (QED) is 0.788. The molecule has 1 rings (SSSR count). The molecule has 0 aliphatic carbocycles. The zero-order valence-corrected chi connectivity index (χ0v) is 9.59. The Morgan fingerprint density at radius 2 is 1.80 bits per heavy atom. The van der Waals surface area contributed by atoms with Crippen LogP contribution < -0.4 is 4.18 Å². The maximum atomic E-state index is 11.1. The Labute approximate surface area is 97.3 Å². The molecule has 0 aliphatic rings. The summed E-state index contributed by atoms with van der Waals surface area (Å²) < 4.78 is 30.6. The predicted molar refractivity (Wildman–Crippen MR) is 56.9 cm³/mol. The summed E-state index contributed by atoms with van der Waals surface area (Å²) in [5, 5.41) is 0. The van der Waals surface area contributed by atoms with E-state index >= 15 is 0 Å². The van der Waals surface area contributed by atoms with Crippen molar-refractivity contribution in [3.05, 3.63) is 41.1 Å².